The second-order valence-corrected chi connectivity index (χ2v) is 5.12. The zero-order valence-electron chi connectivity index (χ0n) is 11.6. The van der Waals surface area contributed by atoms with Gasteiger partial charge in [-0.25, -0.2) is 0 Å². The van der Waals surface area contributed by atoms with Gasteiger partial charge in [0, 0.05) is 19.1 Å². The predicted octanol–water partition coefficient (Wildman–Crippen LogP) is 0.371. The maximum absolute atomic E-state index is 11.6. The molecule has 0 saturated carbocycles. The SMILES string of the molecule is CCCC(C)NC(=O)COC1CNCC(C(=O)O)C1. The first-order chi connectivity index (χ1) is 9.02. The highest BCUT2D eigenvalue weighted by molar-refractivity contribution is 5.77. The first kappa shape index (κ1) is 15.9. The van der Waals surface area contributed by atoms with Crippen molar-refractivity contribution in [1.29, 1.82) is 0 Å². The molecule has 19 heavy (non-hydrogen) atoms. The number of amides is 1. The summed E-state index contributed by atoms with van der Waals surface area (Å²) in [4.78, 5) is 22.5. The molecule has 1 aliphatic rings. The number of rotatable bonds is 7. The van der Waals surface area contributed by atoms with Crippen LogP contribution in [0.2, 0.25) is 0 Å². The van der Waals surface area contributed by atoms with E-state index in [0.29, 0.717) is 19.5 Å². The Morgan fingerprint density at radius 2 is 2.21 bits per heavy atom. The summed E-state index contributed by atoms with van der Waals surface area (Å²) in [6, 6.07) is 0.150. The second kappa shape index (κ2) is 8.12. The number of carbonyl (C=O) groups excluding carboxylic acids is 1. The van der Waals surface area contributed by atoms with E-state index in [9.17, 15) is 9.59 Å². The minimum absolute atomic E-state index is 0.00720. The van der Waals surface area contributed by atoms with Gasteiger partial charge in [0.25, 0.3) is 0 Å². The lowest BCUT2D eigenvalue weighted by Crippen LogP contribution is -2.45. The van der Waals surface area contributed by atoms with Gasteiger partial charge in [-0.15, -0.1) is 0 Å². The van der Waals surface area contributed by atoms with E-state index in [0.717, 1.165) is 12.8 Å². The third kappa shape index (κ3) is 6.02. The average Bonchev–Trinajstić information content (AvgIpc) is 2.37. The van der Waals surface area contributed by atoms with Crippen LogP contribution in [0.25, 0.3) is 0 Å². The van der Waals surface area contributed by atoms with Crippen LogP contribution in [0.15, 0.2) is 0 Å². The zero-order chi connectivity index (χ0) is 14.3. The van der Waals surface area contributed by atoms with Gasteiger partial charge in [-0.2, -0.15) is 0 Å². The standard InChI is InChI=1S/C13H24N2O4/c1-3-4-9(2)15-12(16)8-19-11-5-10(13(17)18)6-14-7-11/h9-11,14H,3-8H2,1-2H3,(H,15,16)(H,17,18). The molecule has 3 N–H and O–H groups in total. The minimum Gasteiger partial charge on any atom is -0.481 e. The Kier molecular flexibility index (Phi) is 6.80. The van der Waals surface area contributed by atoms with E-state index in [4.69, 9.17) is 9.84 Å². The van der Waals surface area contributed by atoms with Crippen LogP contribution in [0.1, 0.15) is 33.1 Å². The van der Waals surface area contributed by atoms with Crippen molar-refractivity contribution in [2.75, 3.05) is 19.7 Å². The predicted molar refractivity (Wildman–Crippen MR) is 70.9 cm³/mol. The van der Waals surface area contributed by atoms with Crippen molar-refractivity contribution in [3.8, 4) is 0 Å². The van der Waals surface area contributed by atoms with Crippen molar-refractivity contribution < 1.29 is 19.4 Å². The van der Waals surface area contributed by atoms with Crippen LogP contribution in [0.5, 0.6) is 0 Å². The molecule has 1 heterocycles. The monoisotopic (exact) mass is 272 g/mol. The molecule has 0 radical (unpaired) electrons. The van der Waals surface area contributed by atoms with Crippen molar-refractivity contribution in [2.45, 2.75) is 45.3 Å². The van der Waals surface area contributed by atoms with Crippen molar-refractivity contribution in [3.05, 3.63) is 0 Å². The lowest BCUT2D eigenvalue weighted by Gasteiger charge is -2.27. The van der Waals surface area contributed by atoms with E-state index in [2.05, 4.69) is 17.6 Å². The maximum Gasteiger partial charge on any atom is 0.307 e. The van der Waals surface area contributed by atoms with Gasteiger partial charge in [0.05, 0.1) is 12.0 Å². The molecule has 1 rings (SSSR count). The molecule has 0 aliphatic carbocycles. The summed E-state index contributed by atoms with van der Waals surface area (Å²) in [5.41, 5.74) is 0. The van der Waals surface area contributed by atoms with Crippen LogP contribution in [0.4, 0.5) is 0 Å². The minimum atomic E-state index is -0.818. The molecule has 1 saturated heterocycles. The molecule has 0 aromatic rings. The van der Waals surface area contributed by atoms with Gasteiger partial charge in [0.15, 0.2) is 0 Å². The number of hydrogen-bond acceptors (Lipinski definition) is 4. The number of ether oxygens (including phenoxy) is 1. The molecule has 0 aromatic carbocycles. The number of aliphatic carboxylic acids is 1. The van der Waals surface area contributed by atoms with Gasteiger partial charge in [-0.1, -0.05) is 13.3 Å². The molecule has 0 spiro atoms. The normalized spacial score (nSPS) is 24.7. The lowest BCUT2D eigenvalue weighted by atomic mass is 9.98. The molecule has 6 heteroatoms. The highest BCUT2D eigenvalue weighted by Crippen LogP contribution is 2.13. The van der Waals surface area contributed by atoms with Crippen molar-refractivity contribution in [2.24, 2.45) is 5.92 Å². The van der Waals surface area contributed by atoms with Gasteiger partial charge in [0.2, 0.25) is 5.91 Å². The van der Waals surface area contributed by atoms with Crippen molar-refractivity contribution in [1.82, 2.24) is 10.6 Å². The summed E-state index contributed by atoms with van der Waals surface area (Å²) in [6.07, 6.45) is 2.22. The second-order valence-electron chi connectivity index (χ2n) is 5.12. The molecule has 1 amide bonds. The van der Waals surface area contributed by atoms with Crippen LogP contribution < -0.4 is 10.6 Å². The fourth-order valence-corrected chi connectivity index (χ4v) is 2.23. The number of carboxylic acid groups (broad SMARTS) is 1. The Labute approximate surface area is 113 Å². The van der Waals surface area contributed by atoms with E-state index in [-0.39, 0.29) is 24.7 Å². The van der Waals surface area contributed by atoms with Crippen molar-refractivity contribution >= 4 is 11.9 Å². The molecule has 0 bridgehead atoms. The fourth-order valence-electron chi connectivity index (χ4n) is 2.23. The van der Waals surface area contributed by atoms with E-state index >= 15 is 0 Å². The third-order valence-electron chi connectivity index (χ3n) is 3.24. The first-order valence-corrected chi connectivity index (χ1v) is 6.87. The lowest BCUT2D eigenvalue weighted by molar-refractivity contribution is -0.144. The summed E-state index contributed by atoms with van der Waals surface area (Å²) in [6.45, 7) is 5.09. The zero-order valence-corrected chi connectivity index (χ0v) is 11.6. The van der Waals surface area contributed by atoms with Crippen LogP contribution in [0, 0.1) is 5.92 Å². The molecule has 0 aromatic heterocycles. The molecular formula is C13H24N2O4. The highest BCUT2D eigenvalue weighted by Gasteiger charge is 2.27. The molecule has 1 fully saturated rings. The maximum atomic E-state index is 11.6. The Bertz CT molecular complexity index is 309. The van der Waals surface area contributed by atoms with E-state index in [1.807, 2.05) is 6.92 Å². The smallest absolute Gasteiger partial charge is 0.307 e. The number of piperidine rings is 1. The van der Waals surface area contributed by atoms with Crippen molar-refractivity contribution in [3.63, 3.8) is 0 Å². The molecule has 6 nitrogen and oxygen atoms in total. The molecule has 110 valence electrons. The highest BCUT2D eigenvalue weighted by atomic mass is 16.5. The summed E-state index contributed by atoms with van der Waals surface area (Å²) in [7, 11) is 0. The van der Waals surface area contributed by atoms with Gasteiger partial charge >= 0.3 is 5.97 Å². The Hall–Kier alpha value is -1.14. The largest absolute Gasteiger partial charge is 0.481 e. The van der Waals surface area contributed by atoms with Gasteiger partial charge in [0.1, 0.15) is 6.61 Å². The summed E-state index contributed by atoms with van der Waals surface area (Å²) >= 11 is 0. The number of carboxylic acids is 1. The van der Waals surface area contributed by atoms with Gasteiger partial charge < -0.3 is 20.5 Å². The van der Waals surface area contributed by atoms with Gasteiger partial charge in [-0.3, -0.25) is 9.59 Å². The average molecular weight is 272 g/mol. The van der Waals surface area contributed by atoms with Crippen LogP contribution in [0.3, 0.4) is 0 Å². The summed E-state index contributed by atoms with van der Waals surface area (Å²) in [5, 5.41) is 14.8. The Balaban J connectivity index is 2.24. The quantitative estimate of drug-likeness (QED) is 0.623. The third-order valence-corrected chi connectivity index (χ3v) is 3.24. The molecule has 3 unspecified atom stereocenters. The number of hydrogen-bond donors (Lipinski definition) is 3. The van der Waals surface area contributed by atoms with E-state index < -0.39 is 11.9 Å². The summed E-state index contributed by atoms with van der Waals surface area (Å²) < 4.78 is 5.47. The molecule has 3 atom stereocenters. The number of nitrogens with one attached hydrogen (secondary N) is 2. The summed E-state index contributed by atoms with van der Waals surface area (Å²) in [5.74, 6) is -1.39. The van der Waals surface area contributed by atoms with E-state index in [1.165, 1.54) is 0 Å². The topological polar surface area (TPSA) is 87.7 Å². The Morgan fingerprint density at radius 1 is 1.47 bits per heavy atom. The molecule has 1 aliphatic heterocycles. The Morgan fingerprint density at radius 3 is 2.84 bits per heavy atom. The first-order valence-electron chi connectivity index (χ1n) is 6.87. The van der Waals surface area contributed by atoms with E-state index in [1.54, 1.807) is 0 Å². The molecular weight excluding hydrogens is 248 g/mol. The van der Waals surface area contributed by atoms with Crippen LogP contribution in [-0.2, 0) is 14.3 Å². The number of carbonyl (C=O) groups is 2. The fraction of sp³-hybridized carbons (Fsp3) is 0.846. The van der Waals surface area contributed by atoms with Crippen LogP contribution >= 0.6 is 0 Å². The van der Waals surface area contributed by atoms with Crippen LogP contribution in [-0.4, -0.2) is 48.8 Å². The van der Waals surface area contributed by atoms with Gasteiger partial charge in [-0.05, 0) is 19.8 Å².